The average molecular weight is 180 g/mol. The highest BCUT2D eigenvalue weighted by Crippen LogP contribution is 2.01. The molecule has 0 saturated heterocycles. The Kier molecular flexibility index (Phi) is 4.18. The van der Waals surface area contributed by atoms with Crippen LogP contribution in [-0.4, -0.2) is 29.8 Å². The molecule has 2 N–H and O–H groups in total. The maximum Gasteiger partial charge on any atom is 0.148 e. The van der Waals surface area contributed by atoms with Crippen LogP contribution in [0.3, 0.4) is 0 Å². The molecule has 0 atom stereocenters. The number of aryl methyl sites for hydroxylation is 1. The van der Waals surface area contributed by atoms with E-state index in [2.05, 4.69) is 27.8 Å². The lowest BCUT2D eigenvalue weighted by molar-refractivity contribution is 0.736. The van der Waals surface area contributed by atoms with Gasteiger partial charge >= 0.3 is 0 Å². The van der Waals surface area contributed by atoms with Crippen LogP contribution in [-0.2, 0) is 0 Å². The van der Waals surface area contributed by atoms with Gasteiger partial charge in [0.2, 0.25) is 0 Å². The van der Waals surface area contributed by atoms with Crippen LogP contribution in [0.25, 0.3) is 0 Å². The highest BCUT2D eigenvalue weighted by Gasteiger charge is 1.92. The van der Waals surface area contributed by atoms with Crippen LogP contribution in [0.4, 0.5) is 5.82 Å². The summed E-state index contributed by atoms with van der Waals surface area (Å²) < 4.78 is 0. The van der Waals surface area contributed by atoms with E-state index in [1.54, 1.807) is 6.20 Å². The predicted octanol–water partition coefficient (Wildman–Crippen LogP) is 0.806. The van der Waals surface area contributed by atoms with Crippen LogP contribution in [0.5, 0.6) is 0 Å². The Labute approximate surface area is 78.8 Å². The molecule has 0 unspecified atom stereocenters. The molecule has 0 aliphatic carbocycles. The standard InChI is InChI=1S/C9H16N4/c1-3-10-4-5-11-9-6-8(2)7-12-13-9/h6-7,10H,3-5H2,1-2H3,(H,11,13). The second kappa shape index (κ2) is 5.48. The van der Waals surface area contributed by atoms with E-state index in [0.29, 0.717) is 0 Å². The monoisotopic (exact) mass is 180 g/mol. The van der Waals surface area contributed by atoms with Gasteiger partial charge in [0.05, 0.1) is 6.20 Å². The molecular weight excluding hydrogens is 164 g/mol. The number of nitrogens with zero attached hydrogens (tertiary/aromatic N) is 2. The summed E-state index contributed by atoms with van der Waals surface area (Å²) in [5, 5.41) is 14.2. The number of hydrogen-bond acceptors (Lipinski definition) is 4. The van der Waals surface area contributed by atoms with Crippen LogP contribution < -0.4 is 10.6 Å². The smallest absolute Gasteiger partial charge is 0.148 e. The number of anilines is 1. The van der Waals surface area contributed by atoms with E-state index in [9.17, 15) is 0 Å². The lowest BCUT2D eigenvalue weighted by Gasteiger charge is -2.04. The maximum absolute atomic E-state index is 3.95. The quantitative estimate of drug-likeness (QED) is 0.658. The Morgan fingerprint density at radius 1 is 1.38 bits per heavy atom. The van der Waals surface area contributed by atoms with Gasteiger partial charge in [-0.05, 0) is 25.1 Å². The minimum Gasteiger partial charge on any atom is -0.367 e. The summed E-state index contributed by atoms with van der Waals surface area (Å²) >= 11 is 0. The molecule has 4 heteroatoms. The maximum atomic E-state index is 3.95. The van der Waals surface area contributed by atoms with Gasteiger partial charge in [-0.25, -0.2) is 0 Å². The zero-order chi connectivity index (χ0) is 9.52. The van der Waals surface area contributed by atoms with E-state index in [0.717, 1.165) is 31.0 Å². The molecular formula is C9H16N4. The summed E-state index contributed by atoms with van der Waals surface area (Å²) in [5.74, 6) is 0.845. The summed E-state index contributed by atoms with van der Waals surface area (Å²) in [6.45, 7) is 6.93. The molecule has 0 amide bonds. The Balaban J connectivity index is 2.28. The van der Waals surface area contributed by atoms with Gasteiger partial charge in [-0.2, -0.15) is 5.10 Å². The topological polar surface area (TPSA) is 49.8 Å². The largest absolute Gasteiger partial charge is 0.367 e. The van der Waals surface area contributed by atoms with Gasteiger partial charge < -0.3 is 10.6 Å². The Hall–Kier alpha value is -1.16. The van der Waals surface area contributed by atoms with E-state index in [4.69, 9.17) is 0 Å². The van der Waals surface area contributed by atoms with Crippen molar-refractivity contribution in [1.29, 1.82) is 0 Å². The molecule has 0 bridgehead atoms. The molecule has 1 rings (SSSR count). The Morgan fingerprint density at radius 3 is 2.92 bits per heavy atom. The third kappa shape index (κ3) is 3.85. The lowest BCUT2D eigenvalue weighted by atomic mass is 10.3. The second-order valence-corrected chi connectivity index (χ2v) is 2.90. The number of nitrogens with one attached hydrogen (secondary N) is 2. The average Bonchev–Trinajstić information content (AvgIpc) is 2.13. The molecule has 0 aliphatic heterocycles. The van der Waals surface area contributed by atoms with Crippen molar-refractivity contribution in [3.8, 4) is 0 Å². The first-order valence-electron chi connectivity index (χ1n) is 4.57. The van der Waals surface area contributed by atoms with Crippen LogP contribution in [0, 0.1) is 6.92 Å². The van der Waals surface area contributed by atoms with E-state index >= 15 is 0 Å². The van der Waals surface area contributed by atoms with E-state index < -0.39 is 0 Å². The van der Waals surface area contributed by atoms with Crippen LogP contribution >= 0.6 is 0 Å². The van der Waals surface area contributed by atoms with Gasteiger partial charge in [0.25, 0.3) is 0 Å². The van der Waals surface area contributed by atoms with Crippen molar-refractivity contribution < 1.29 is 0 Å². The molecule has 13 heavy (non-hydrogen) atoms. The van der Waals surface area contributed by atoms with Crippen LogP contribution in [0.1, 0.15) is 12.5 Å². The molecule has 4 nitrogen and oxygen atoms in total. The second-order valence-electron chi connectivity index (χ2n) is 2.90. The summed E-state index contributed by atoms with van der Waals surface area (Å²) in [6.07, 6.45) is 1.75. The fraction of sp³-hybridized carbons (Fsp3) is 0.556. The van der Waals surface area contributed by atoms with Gasteiger partial charge in [-0.3, -0.25) is 0 Å². The first-order chi connectivity index (χ1) is 6.33. The fourth-order valence-corrected chi connectivity index (χ4v) is 1.01. The van der Waals surface area contributed by atoms with Crippen molar-refractivity contribution in [3.63, 3.8) is 0 Å². The van der Waals surface area contributed by atoms with Crippen molar-refractivity contribution in [2.24, 2.45) is 0 Å². The first kappa shape index (κ1) is 9.92. The molecule has 72 valence electrons. The Morgan fingerprint density at radius 2 is 2.23 bits per heavy atom. The number of rotatable bonds is 5. The summed E-state index contributed by atoms with van der Waals surface area (Å²) in [4.78, 5) is 0. The summed E-state index contributed by atoms with van der Waals surface area (Å²) in [7, 11) is 0. The number of likely N-dealkylation sites (N-methyl/N-ethyl adjacent to an activating group) is 1. The highest BCUT2D eigenvalue weighted by molar-refractivity contribution is 5.34. The first-order valence-corrected chi connectivity index (χ1v) is 4.57. The molecule has 1 aromatic rings. The molecule has 0 aliphatic rings. The third-order valence-corrected chi connectivity index (χ3v) is 1.65. The molecule has 0 aromatic carbocycles. The Bertz CT molecular complexity index is 249. The minimum atomic E-state index is 0.845. The van der Waals surface area contributed by atoms with E-state index in [-0.39, 0.29) is 0 Å². The molecule has 0 saturated carbocycles. The predicted molar refractivity (Wildman–Crippen MR) is 53.8 cm³/mol. The van der Waals surface area contributed by atoms with Crippen molar-refractivity contribution in [1.82, 2.24) is 15.5 Å². The molecule has 1 heterocycles. The zero-order valence-corrected chi connectivity index (χ0v) is 8.17. The van der Waals surface area contributed by atoms with Gasteiger partial charge in [-0.15, -0.1) is 5.10 Å². The van der Waals surface area contributed by atoms with E-state index in [1.165, 1.54) is 0 Å². The number of hydrogen-bond donors (Lipinski definition) is 2. The van der Waals surface area contributed by atoms with Crippen molar-refractivity contribution >= 4 is 5.82 Å². The zero-order valence-electron chi connectivity index (χ0n) is 8.17. The number of aromatic nitrogens is 2. The highest BCUT2D eigenvalue weighted by atomic mass is 15.2. The van der Waals surface area contributed by atoms with Crippen LogP contribution in [0.2, 0.25) is 0 Å². The van der Waals surface area contributed by atoms with Gasteiger partial charge in [0, 0.05) is 13.1 Å². The van der Waals surface area contributed by atoms with Crippen molar-refractivity contribution in [2.75, 3.05) is 25.0 Å². The minimum absolute atomic E-state index is 0.845. The normalized spacial score (nSPS) is 10.0. The molecule has 0 radical (unpaired) electrons. The van der Waals surface area contributed by atoms with Gasteiger partial charge in [-0.1, -0.05) is 6.92 Å². The summed E-state index contributed by atoms with van der Waals surface area (Å²) in [6, 6.07) is 1.99. The van der Waals surface area contributed by atoms with Crippen LogP contribution in [0.15, 0.2) is 12.3 Å². The summed E-state index contributed by atoms with van der Waals surface area (Å²) in [5.41, 5.74) is 1.13. The fourth-order valence-electron chi connectivity index (χ4n) is 1.01. The lowest BCUT2D eigenvalue weighted by Crippen LogP contribution is -2.22. The molecule has 1 aromatic heterocycles. The van der Waals surface area contributed by atoms with Crippen molar-refractivity contribution in [2.45, 2.75) is 13.8 Å². The van der Waals surface area contributed by atoms with E-state index in [1.807, 2.05) is 13.0 Å². The SMILES string of the molecule is CCNCCNc1cc(C)cnn1. The third-order valence-electron chi connectivity index (χ3n) is 1.65. The van der Waals surface area contributed by atoms with Gasteiger partial charge in [0.1, 0.15) is 5.82 Å². The molecule has 0 spiro atoms. The van der Waals surface area contributed by atoms with Crippen molar-refractivity contribution in [3.05, 3.63) is 17.8 Å². The molecule has 0 fully saturated rings. The van der Waals surface area contributed by atoms with Gasteiger partial charge in [0.15, 0.2) is 0 Å².